The molecule has 0 aliphatic heterocycles. The lowest BCUT2D eigenvalue weighted by atomic mass is 9.89. The molecule has 1 aromatic rings. The zero-order chi connectivity index (χ0) is 16.3. The highest BCUT2D eigenvalue weighted by atomic mass is 32.1. The summed E-state index contributed by atoms with van der Waals surface area (Å²) in [5.74, 6) is 0. The van der Waals surface area contributed by atoms with E-state index in [2.05, 4.69) is 25.2 Å². The van der Waals surface area contributed by atoms with E-state index in [1.54, 1.807) is 20.9 Å². The molecule has 0 saturated carbocycles. The van der Waals surface area contributed by atoms with Crippen LogP contribution in [0.5, 0.6) is 0 Å². The Bertz CT molecular complexity index is 429. The average molecular weight is 335 g/mol. The van der Waals surface area contributed by atoms with Gasteiger partial charge < -0.3 is 0 Å². The third kappa shape index (κ3) is 6.25. The van der Waals surface area contributed by atoms with Crippen LogP contribution in [0.4, 0.5) is 0 Å². The summed E-state index contributed by atoms with van der Waals surface area (Å²) in [5, 5.41) is 0. The summed E-state index contributed by atoms with van der Waals surface area (Å²) in [5.41, 5.74) is 3.59. The molecule has 2 rings (SSSR count). The number of hydrogen-bond acceptors (Lipinski definition) is 1. The van der Waals surface area contributed by atoms with Gasteiger partial charge >= 0.3 is 0 Å². The lowest BCUT2D eigenvalue weighted by Gasteiger charge is -2.15. The van der Waals surface area contributed by atoms with E-state index in [9.17, 15) is 0 Å². The van der Waals surface area contributed by atoms with Crippen LogP contribution in [0.25, 0.3) is 0 Å². The molecule has 1 aliphatic rings. The molecule has 0 aromatic carbocycles. The molecule has 1 heterocycles. The predicted octanol–water partition coefficient (Wildman–Crippen LogP) is 7.65. The van der Waals surface area contributed by atoms with Gasteiger partial charge in [-0.1, -0.05) is 78.1 Å². The molecule has 0 amide bonds. The van der Waals surface area contributed by atoms with Crippen LogP contribution in [0.1, 0.15) is 112 Å². The Kier molecular flexibility index (Phi) is 9.34. The normalized spacial score (nSPS) is 13.1. The molecule has 132 valence electrons. The Hall–Kier alpha value is -0.300. The zero-order valence-corrected chi connectivity index (χ0v) is 16.5. The van der Waals surface area contributed by atoms with Gasteiger partial charge in [-0.05, 0) is 49.7 Å². The Balaban J connectivity index is 1.69. The van der Waals surface area contributed by atoms with Crippen molar-refractivity contribution < 1.29 is 0 Å². The highest BCUT2D eigenvalue weighted by molar-refractivity contribution is 7.12. The van der Waals surface area contributed by atoms with Crippen molar-refractivity contribution in [3.05, 3.63) is 20.9 Å². The van der Waals surface area contributed by atoms with Gasteiger partial charge in [-0.3, -0.25) is 0 Å². The molecule has 0 bridgehead atoms. The van der Waals surface area contributed by atoms with Crippen LogP contribution in [0.15, 0.2) is 0 Å². The van der Waals surface area contributed by atoms with Crippen LogP contribution in [0.2, 0.25) is 0 Å². The second-order valence-corrected chi connectivity index (χ2v) is 8.63. The SMILES string of the molecule is CCCCCCCCc1sc2c(c1CCCCCCCC)CC2. The fourth-order valence-corrected chi connectivity index (χ4v) is 5.25. The minimum Gasteiger partial charge on any atom is -0.145 e. The number of fused-ring (bicyclic) bond motifs is 1. The largest absolute Gasteiger partial charge is 0.145 e. The fraction of sp³-hybridized carbons (Fsp3) is 0.818. The zero-order valence-electron chi connectivity index (χ0n) is 15.7. The molecule has 0 nitrogen and oxygen atoms in total. The van der Waals surface area contributed by atoms with Crippen LogP contribution in [0, 0.1) is 0 Å². The van der Waals surface area contributed by atoms with Gasteiger partial charge in [0.1, 0.15) is 0 Å². The molecule has 0 unspecified atom stereocenters. The third-order valence-electron chi connectivity index (χ3n) is 5.42. The molecule has 0 atom stereocenters. The third-order valence-corrected chi connectivity index (χ3v) is 6.82. The Morgan fingerprint density at radius 2 is 1.22 bits per heavy atom. The van der Waals surface area contributed by atoms with Crippen LogP contribution >= 0.6 is 11.3 Å². The van der Waals surface area contributed by atoms with Crippen LogP contribution in [0.3, 0.4) is 0 Å². The van der Waals surface area contributed by atoms with Crippen molar-refractivity contribution in [2.24, 2.45) is 0 Å². The Morgan fingerprint density at radius 1 is 0.652 bits per heavy atom. The molecule has 0 N–H and O–H groups in total. The maximum absolute atomic E-state index is 2.31. The summed E-state index contributed by atoms with van der Waals surface area (Å²) in [6, 6.07) is 0. The summed E-state index contributed by atoms with van der Waals surface area (Å²) < 4.78 is 0. The van der Waals surface area contributed by atoms with Crippen LogP contribution in [-0.2, 0) is 25.7 Å². The smallest absolute Gasteiger partial charge is 0.00864 e. The first-order valence-corrected chi connectivity index (χ1v) is 11.3. The number of rotatable bonds is 14. The van der Waals surface area contributed by atoms with E-state index >= 15 is 0 Å². The molecular formula is C22H38S. The van der Waals surface area contributed by atoms with Crippen molar-refractivity contribution >= 4 is 11.3 Å². The van der Waals surface area contributed by atoms with E-state index in [-0.39, 0.29) is 0 Å². The maximum atomic E-state index is 2.31. The Morgan fingerprint density at radius 3 is 1.78 bits per heavy atom. The maximum Gasteiger partial charge on any atom is 0.00864 e. The van der Waals surface area contributed by atoms with Gasteiger partial charge in [-0.2, -0.15) is 0 Å². The predicted molar refractivity (Wildman–Crippen MR) is 106 cm³/mol. The van der Waals surface area contributed by atoms with Crippen molar-refractivity contribution in [3.8, 4) is 0 Å². The lowest BCUT2D eigenvalue weighted by molar-refractivity contribution is 0.599. The summed E-state index contributed by atoms with van der Waals surface area (Å²) >= 11 is 2.17. The van der Waals surface area contributed by atoms with E-state index < -0.39 is 0 Å². The molecule has 1 aromatic heterocycles. The molecule has 1 aliphatic carbocycles. The summed E-state index contributed by atoms with van der Waals surface area (Å²) in [7, 11) is 0. The molecular weight excluding hydrogens is 296 g/mol. The van der Waals surface area contributed by atoms with Crippen LogP contribution in [-0.4, -0.2) is 0 Å². The van der Waals surface area contributed by atoms with Crippen molar-refractivity contribution in [1.82, 2.24) is 0 Å². The average Bonchev–Trinajstić information content (AvgIpc) is 2.77. The molecule has 0 radical (unpaired) electrons. The highest BCUT2D eigenvalue weighted by Crippen LogP contribution is 2.38. The minimum absolute atomic E-state index is 1.36. The quantitative estimate of drug-likeness (QED) is 0.306. The van der Waals surface area contributed by atoms with E-state index in [1.165, 1.54) is 103 Å². The molecule has 0 fully saturated rings. The highest BCUT2D eigenvalue weighted by Gasteiger charge is 2.23. The number of hydrogen-bond donors (Lipinski definition) is 0. The fourth-order valence-electron chi connectivity index (χ4n) is 3.80. The topological polar surface area (TPSA) is 0 Å². The first-order chi connectivity index (χ1) is 11.4. The summed E-state index contributed by atoms with van der Waals surface area (Å²) in [6.45, 7) is 4.61. The van der Waals surface area contributed by atoms with Crippen molar-refractivity contribution in [1.29, 1.82) is 0 Å². The first kappa shape index (κ1) is 19.0. The van der Waals surface area contributed by atoms with E-state index in [1.807, 2.05) is 0 Å². The van der Waals surface area contributed by atoms with Crippen molar-refractivity contribution in [2.45, 2.75) is 117 Å². The van der Waals surface area contributed by atoms with Gasteiger partial charge in [-0.15, -0.1) is 11.3 Å². The van der Waals surface area contributed by atoms with Gasteiger partial charge in [0.05, 0.1) is 0 Å². The van der Waals surface area contributed by atoms with Gasteiger partial charge in [0, 0.05) is 9.75 Å². The van der Waals surface area contributed by atoms with Crippen LogP contribution < -0.4 is 0 Å². The molecule has 1 heteroatoms. The van der Waals surface area contributed by atoms with Gasteiger partial charge in [0.25, 0.3) is 0 Å². The Labute approximate surface area is 149 Å². The van der Waals surface area contributed by atoms with Gasteiger partial charge in [0.2, 0.25) is 0 Å². The van der Waals surface area contributed by atoms with E-state index in [4.69, 9.17) is 0 Å². The number of unbranched alkanes of at least 4 members (excludes halogenated alkanes) is 10. The van der Waals surface area contributed by atoms with Gasteiger partial charge in [-0.25, -0.2) is 0 Å². The van der Waals surface area contributed by atoms with E-state index in [0.29, 0.717) is 0 Å². The van der Waals surface area contributed by atoms with Gasteiger partial charge in [0.15, 0.2) is 0 Å². The standard InChI is InChI=1S/C22H38S/c1-3-5-7-9-11-13-15-19-20-17-18-22(20)23-21(19)16-14-12-10-8-6-4-2/h3-18H2,1-2H3. The van der Waals surface area contributed by atoms with Crippen molar-refractivity contribution in [2.75, 3.05) is 0 Å². The minimum atomic E-state index is 1.36. The number of thiophene rings is 1. The molecule has 23 heavy (non-hydrogen) atoms. The second-order valence-electron chi connectivity index (χ2n) is 7.44. The summed E-state index contributed by atoms with van der Waals surface area (Å²) in [6.07, 6.45) is 22.6. The summed E-state index contributed by atoms with van der Waals surface area (Å²) in [4.78, 5) is 3.52. The number of aryl methyl sites for hydroxylation is 2. The molecule has 0 spiro atoms. The van der Waals surface area contributed by atoms with E-state index in [0.717, 1.165) is 0 Å². The lowest BCUT2D eigenvalue weighted by Crippen LogP contribution is -2.06. The molecule has 0 saturated heterocycles. The second kappa shape index (κ2) is 11.3. The van der Waals surface area contributed by atoms with Crippen molar-refractivity contribution in [3.63, 3.8) is 0 Å². The monoisotopic (exact) mass is 334 g/mol. The first-order valence-electron chi connectivity index (χ1n) is 10.5.